The van der Waals surface area contributed by atoms with Gasteiger partial charge in [-0.1, -0.05) is 17.7 Å². The number of nitrogens with one attached hydrogen (secondary N) is 1. The predicted octanol–water partition coefficient (Wildman–Crippen LogP) is 3.55. The molecule has 4 aromatic rings. The molecule has 0 atom stereocenters. The fourth-order valence-corrected chi connectivity index (χ4v) is 3.17. The highest BCUT2D eigenvalue weighted by molar-refractivity contribution is 6.30. The molecule has 2 aromatic carbocycles. The summed E-state index contributed by atoms with van der Waals surface area (Å²) < 4.78 is 1.81. The van der Waals surface area contributed by atoms with Gasteiger partial charge in [0.1, 0.15) is 5.52 Å². The van der Waals surface area contributed by atoms with E-state index in [1.54, 1.807) is 48.7 Å². The van der Waals surface area contributed by atoms with Gasteiger partial charge in [-0.15, -0.1) is 0 Å². The van der Waals surface area contributed by atoms with Crippen LogP contribution in [0.4, 0.5) is 0 Å². The van der Waals surface area contributed by atoms with E-state index >= 15 is 0 Å². The molecule has 0 fully saturated rings. The van der Waals surface area contributed by atoms with Crippen molar-refractivity contribution in [2.75, 3.05) is 0 Å². The van der Waals surface area contributed by atoms with Crippen molar-refractivity contribution >= 4 is 34.3 Å². The third-order valence-electron chi connectivity index (χ3n) is 4.39. The maximum Gasteiger partial charge on any atom is 0.250 e. The Hall–Kier alpha value is -3.38. The lowest BCUT2D eigenvalue weighted by atomic mass is 10.1. The van der Waals surface area contributed by atoms with Crippen LogP contribution in [-0.4, -0.2) is 26.2 Å². The summed E-state index contributed by atoms with van der Waals surface area (Å²) in [4.78, 5) is 32.0. The van der Waals surface area contributed by atoms with Crippen molar-refractivity contribution in [3.05, 3.63) is 76.4 Å². The number of hydrogen-bond donors (Lipinski definition) is 2. The van der Waals surface area contributed by atoms with Crippen molar-refractivity contribution in [2.24, 2.45) is 12.8 Å². The molecule has 0 spiro atoms. The van der Waals surface area contributed by atoms with Gasteiger partial charge in [0.15, 0.2) is 11.6 Å². The highest BCUT2D eigenvalue weighted by atomic mass is 35.5. The van der Waals surface area contributed by atoms with E-state index in [2.05, 4.69) is 9.97 Å². The van der Waals surface area contributed by atoms with Crippen molar-refractivity contribution in [2.45, 2.75) is 0 Å². The Labute approximate surface area is 159 Å². The Morgan fingerprint density at radius 1 is 1.11 bits per heavy atom. The fourth-order valence-electron chi connectivity index (χ4n) is 3.04. The van der Waals surface area contributed by atoms with Gasteiger partial charge in [0, 0.05) is 29.4 Å². The molecule has 0 saturated carbocycles. The Bertz CT molecular complexity index is 1190. The monoisotopic (exact) mass is 378 g/mol. The molecular formula is C20H15ClN4O2. The maximum atomic E-state index is 12.7. The van der Waals surface area contributed by atoms with Crippen LogP contribution in [0.25, 0.3) is 22.6 Å². The van der Waals surface area contributed by atoms with Crippen molar-refractivity contribution < 1.29 is 9.59 Å². The minimum atomic E-state index is -0.538. The van der Waals surface area contributed by atoms with Crippen molar-refractivity contribution in [3.63, 3.8) is 0 Å². The molecule has 134 valence electrons. The summed E-state index contributed by atoms with van der Waals surface area (Å²) in [5.41, 5.74) is 8.79. The van der Waals surface area contributed by atoms with Crippen LogP contribution in [0.5, 0.6) is 0 Å². The van der Waals surface area contributed by atoms with Crippen LogP contribution in [0.15, 0.2) is 54.7 Å². The number of primary amides is 1. The van der Waals surface area contributed by atoms with E-state index in [0.717, 1.165) is 5.69 Å². The summed E-state index contributed by atoms with van der Waals surface area (Å²) >= 11 is 5.88. The summed E-state index contributed by atoms with van der Waals surface area (Å²) in [5.74, 6) is -0.0945. The molecule has 0 aliphatic heterocycles. The topological polar surface area (TPSA) is 93.8 Å². The Kier molecular flexibility index (Phi) is 4.05. The van der Waals surface area contributed by atoms with Crippen molar-refractivity contribution in [1.29, 1.82) is 0 Å². The smallest absolute Gasteiger partial charge is 0.250 e. The molecule has 3 N–H and O–H groups in total. The first-order chi connectivity index (χ1) is 12.9. The van der Waals surface area contributed by atoms with Gasteiger partial charge < -0.3 is 15.3 Å². The van der Waals surface area contributed by atoms with Gasteiger partial charge in [-0.25, -0.2) is 4.98 Å². The molecular weight excluding hydrogens is 364 g/mol. The van der Waals surface area contributed by atoms with E-state index in [1.165, 1.54) is 0 Å². The number of imidazole rings is 1. The zero-order valence-electron chi connectivity index (χ0n) is 14.4. The number of rotatable bonds is 4. The van der Waals surface area contributed by atoms with Gasteiger partial charge in [0.25, 0.3) is 5.91 Å². The van der Waals surface area contributed by atoms with Gasteiger partial charge in [-0.2, -0.15) is 0 Å². The van der Waals surface area contributed by atoms with Crippen LogP contribution in [0.2, 0.25) is 5.02 Å². The van der Waals surface area contributed by atoms with Crippen LogP contribution >= 0.6 is 11.6 Å². The quantitative estimate of drug-likeness (QED) is 0.532. The minimum absolute atomic E-state index is 0.109. The second kappa shape index (κ2) is 6.41. The molecule has 0 aliphatic carbocycles. The zero-order valence-corrected chi connectivity index (χ0v) is 15.1. The molecule has 0 unspecified atom stereocenters. The zero-order chi connectivity index (χ0) is 19.1. The Morgan fingerprint density at radius 2 is 1.85 bits per heavy atom. The molecule has 2 heterocycles. The van der Waals surface area contributed by atoms with Gasteiger partial charge in [-0.3, -0.25) is 9.59 Å². The molecule has 2 aromatic heterocycles. The third kappa shape index (κ3) is 3.00. The van der Waals surface area contributed by atoms with Crippen molar-refractivity contribution in [1.82, 2.24) is 14.5 Å². The van der Waals surface area contributed by atoms with Crippen LogP contribution in [0, 0.1) is 0 Å². The number of aryl methyl sites for hydroxylation is 1. The van der Waals surface area contributed by atoms with Gasteiger partial charge in [-0.05, 0) is 42.5 Å². The number of nitrogens with two attached hydrogens (primary N) is 1. The van der Waals surface area contributed by atoms with Crippen LogP contribution in [0.3, 0.4) is 0 Å². The molecule has 1 amide bonds. The first-order valence-electron chi connectivity index (χ1n) is 8.19. The second-order valence-corrected chi connectivity index (χ2v) is 6.65. The molecule has 0 saturated heterocycles. The molecule has 4 rings (SSSR count). The first-order valence-corrected chi connectivity index (χ1v) is 8.57. The number of benzene rings is 2. The predicted molar refractivity (Wildman–Crippen MR) is 104 cm³/mol. The maximum absolute atomic E-state index is 12.7. The van der Waals surface area contributed by atoms with Gasteiger partial charge in [0.2, 0.25) is 0 Å². The van der Waals surface area contributed by atoms with E-state index in [-0.39, 0.29) is 5.78 Å². The average molecular weight is 379 g/mol. The van der Waals surface area contributed by atoms with E-state index in [4.69, 9.17) is 17.3 Å². The van der Waals surface area contributed by atoms with Crippen LogP contribution < -0.4 is 5.73 Å². The Morgan fingerprint density at radius 3 is 2.56 bits per heavy atom. The fraction of sp³-hybridized carbons (Fsp3) is 0.0500. The largest absolute Gasteiger partial charge is 0.366 e. The lowest BCUT2D eigenvalue weighted by molar-refractivity contribution is 0.1000. The normalized spacial score (nSPS) is 11.0. The third-order valence-corrected chi connectivity index (χ3v) is 4.65. The number of nitrogens with zero attached hydrogens (tertiary/aromatic N) is 2. The van der Waals surface area contributed by atoms with E-state index in [9.17, 15) is 9.59 Å². The van der Waals surface area contributed by atoms with Gasteiger partial charge in [0.05, 0.1) is 16.8 Å². The average Bonchev–Trinajstić information content (AvgIpc) is 3.24. The number of H-pyrrole nitrogens is 1. The molecule has 0 bridgehead atoms. The summed E-state index contributed by atoms with van der Waals surface area (Å²) in [6, 6.07) is 13.7. The highest BCUT2D eigenvalue weighted by Crippen LogP contribution is 2.25. The summed E-state index contributed by atoms with van der Waals surface area (Å²) in [5, 5.41) is 0.577. The van der Waals surface area contributed by atoms with E-state index in [1.807, 2.05) is 17.7 Å². The minimum Gasteiger partial charge on any atom is -0.366 e. The first kappa shape index (κ1) is 17.1. The van der Waals surface area contributed by atoms with E-state index in [0.29, 0.717) is 38.6 Å². The number of hydrogen-bond acceptors (Lipinski definition) is 3. The summed E-state index contributed by atoms with van der Waals surface area (Å²) in [6.45, 7) is 0. The SMILES string of the molecule is Cn1cc(C(=O)c2ccc(Cl)cc2)cc1-c1nc2c(C(N)=O)cccc2[nH]1. The number of para-hydroxylation sites is 1. The number of carbonyl (C=O) groups is 2. The lowest BCUT2D eigenvalue weighted by Crippen LogP contribution is -2.11. The van der Waals surface area contributed by atoms with Crippen LogP contribution in [-0.2, 0) is 7.05 Å². The number of fused-ring (bicyclic) bond motifs is 1. The summed E-state index contributed by atoms with van der Waals surface area (Å²) in [6.07, 6.45) is 1.74. The molecule has 0 aliphatic rings. The van der Waals surface area contributed by atoms with Crippen molar-refractivity contribution in [3.8, 4) is 11.5 Å². The number of aromatic nitrogens is 3. The Balaban J connectivity index is 1.76. The second-order valence-electron chi connectivity index (χ2n) is 6.21. The molecule has 0 radical (unpaired) electrons. The number of carbonyl (C=O) groups excluding carboxylic acids is 2. The lowest BCUT2D eigenvalue weighted by Gasteiger charge is -1.98. The van der Waals surface area contributed by atoms with Crippen LogP contribution in [0.1, 0.15) is 26.3 Å². The molecule has 7 heteroatoms. The number of aromatic amines is 1. The van der Waals surface area contributed by atoms with E-state index < -0.39 is 5.91 Å². The molecule has 27 heavy (non-hydrogen) atoms. The van der Waals surface area contributed by atoms with Gasteiger partial charge >= 0.3 is 0 Å². The standard InChI is InChI=1S/C20H15ClN4O2/c1-25-10-12(18(26)11-5-7-13(21)8-6-11)9-16(25)20-23-15-4-2-3-14(19(22)27)17(15)24-20/h2-10H,1H3,(H2,22,27)(H,23,24). The summed E-state index contributed by atoms with van der Waals surface area (Å²) in [7, 11) is 1.83. The number of ketones is 1. The molecule has 6 nitrogen and oxygen atoms in total. The number of amides is 1. The number of halogens is 1. The highest BCUT2D eigenvalue weighted by Gasteiger charge is 2.17.